The standard InChI is InChI=1S/C19H19Cl2NO4S/c1-3-26-19(23)15(10-14-6-7-16(20)11-18(14)21)12-22-27(24,25)17-8-4-13(2)5-9-17/h4-11,22H,3,12H2,1-2H3/b15-10+. The summed E-state index contributed by atoms with van der Waals surface area (Å²) in [5.41, 5.74) is 1.59. The summed E-state index contributed by atoms with van der Waals surface area (Å²) in [5, 5.41) is 0.792. The smallest absolute Gasteiger partial charge is 0.335 e. The van der Waals surface area contributed by atoms with Gasteiger partial charge in [0.15, 0.2) is 0 Å². The molecule has 0 aliphatic carbocycles. The molecule has 5 nitrogen and oxygen atoms in total. The van der Waals surface area contributed by atoms with Crippen LogP contribution in [0.25, 0.3) is 6.08 Å². The Kier molecular flexibility index (Phi) is 7.44. The number of halogens is 2. The molecule has 144 valence electrons. The zero-order chi connectivity index (χ0) is 20.0. The summed E-state index contributed by atoms with van der Waals surface area (Å²) in [7, 11) is -3.78. The second kappa shape index (κ2) is 9.37. The third-order valence-corrected chi connectivity index (χ3v) is 5.59. The van der Waals surface area contributed by atoms with Crippen LogP contribution in [-0.4, -0.2) is 27.5 Å². The zero-order valence-electron chi connectivity index (χ0n) is 14.8. The summed E-state index contributed by atoms with van der Waals surface area (Å²) in [6.45, 7) is 3.45. The van der Waals surface area contributed by atoms with Crippen molar-refractivity contribution in [3.63, 3.8) is 0 Å². The number of carbonyl (C=O) groups excluding carboxylic acids is 1. The van der Waals surface area contributed by atoms with Crippen molar-refractivity contribution in [1.82, 2.24) is 4.72 Å². The highest BCUT2D eigenvalue weighted by Crippen LogP contribution is 2.23. The summed E-state index contributed by atoms with van der Waals surface area (Å²) in [4.78, 5) is 12.3. The first kappa shape index (κ1) is 21.4. The molecule has 0 amide bonds. The fourth-order valence-electron chi connectivity index (χ4n) is 2.19. The Labute approximate surface area is 169 Å². The molecule has 0 aromatic heterocycles. The van der Waals surface area contributed by atoms with Crippen molar-refractivity contribution < 1.29 is 17.9 Å². The van der Waals surface area contributed by atoms with Crippen molar-refractivity contribution >= 4 is 45.3 Å². The number of nitrogens with one attached hydrogen (secondary N) is 1. The van der Waals surface area contributed by atoms with Gasteiger partial charge in [-0.3, -0.25) is 0 Å². The Hall–Kier alpha value is -1.86. The molecule has 0 heterocycles. The minimum Gasteiger partial charge on any atom is -0.463 e. The molecule has 0 radical (unpaired) electrons. The quantitative estimate of drug-likeness (QED) is 0.529. The molecule has 2 rings (SSSR count). The molecule has 0 fully saturated rings. The van der Waals surface area contributed by atoms with Gasteiger partial charge in [0.25, 0.3) is 0 Å². The van der Waals surface area contributed by atoms with Gasteiger partial charge in [-0.25, -0.2) is 17.9 Å². The van der Waals surface area contributed by atoms with Gasteiger partial charge in [-0.15, -0.1) is 0 Å². The molecule has 0 aliphatic rings. The molecule has 0 atom stereocenters. The molecule has 2 aromatic carbocycles. The Morgan fingerprint density at radius 2 is 1.81 bits per heavy atom. The SMILES string of the molecule is CCOC(=O)/C(=C/c1ccc(Cl)cc1Cl)CNS(=O)(=O)c1ccc(C)cc1. The van der Waals surface area contributed by atoms with Crippen LogP contribution in [0.4, 0.5) is 0 Å². The Morgan fingerprint density at radius 1 is 1.15 bits per heavy atom. The number of benzene rings is 2. The highest BCUT2D eigenvalue weighted by Gasteiger charge is 2.18. The van der Waals surface area contributed by atoms with Gasteiger partial charge in [0, 0.05) is 16.6 Å². The number of hydrogen-bond donors (Lipinski definition) is 1. The number of ether oxygens (including phenoxy) is 1. The van der Waals surface area contributed by atoms with Crippen LogP contribution < -0.4 is 4.72 Å². The van der Waals surface area contributed by atoms with E-state index in [1.165, 1.54) is 24.3 Å². The van der Waals surface area contributed by atoms with E-state index in [4.69, 9.17) is 27.9 Å². The fourth-order valence-corrected chi connectivity index (χ4v) is 3.66. The van der Waals surface area contributed by atoms with E-state index < -0.39 is 16.0 Å². The molecule has 0 aliphatic heterocycles. The highest BCUT2D eigenvalue weighted by molar-refractivity contribution is 7.89. The van der Waals surface area contributed by atoms with Crippen LogP contribution in [0.2, 0.25) is 10.0 Å². The third-order valence-electron chi connectivity index (χ3n) is 3.61. The fraction of sp³-hybridized carbons (Fsp3) is 0.211. The van der Waals surface area contributed by atoms with E-state index in [0.29, 0.717) is 15.6 Å². The number of hydrogen-bond acceptors (Lipinski definition) is 4. The van der Waals surface area contributed by atoms with Crippen molar-refractivity contribution in [3.05, 3.63) is 69.2 Å². The van der Waals surface area contributed by atoms with Crippen LogP contribution >= 0.6 is 23.2 Å². The summed E-state index contributed by atoms with van der Waals surface area (Å²) in [6, 6.07) is 11.2. The van der Waals surface area contributed by atoms with Gasteiger partial charge in [-0.05, 0) is 49.8 Å². The van der Waals surface area contributed by atoms with Crippen LogP contribution in [0.3, 0.4) is 0 Å². The maximum Gasteiger partial charge on any atom is 0.335 e. The maximum absolute atomic E-state index is 12.5. The van der Waals surface area contributed by atoms with Crippen LogP contribution in [0.1, 0.15) is 18.1 Å². The predicted molar refractivity (Wildman–Crippen MR) is 107 cm³/mol. The number of aryl methyl sites for hydroxylation is 1. The average Bonchev–Trinajstić information content (AvgIpc) is 2.60. The number of sulfonamides is 1. The van der Waals surface area contributed by atoms with E-state index in [-0.39, 0.29) is 23.6 Å². The zero-order valence-corrected chi connectivity index (χ0v) is 17.2. The van der Waals surface area contributed by atoms with Crippen molar-refractivity contribution in [2.24, 2.45) is 0 Å². The minimum absolute atomic E-state index is 0.112. The Balaban J connectivity index is 2.28. The van der Waals surface area contributed by atoms with Crippen LogP contribution in [0.15, 0.2) is 52.9 Å². The van der Waals surface area contributed by atoms with E-state index in [2.05, 4.69) is 4.72 Å². The first-order valence-corrected chi connectivity index (χ1v) is 10.4. The number of rotatable bonds is 7. The molecular weight excluding hydrogens is 409 g/mol. The molecule has 0 saturated heterocycles. The van der Waals surface area contributed by atoms with E-state index in [1.54, 1.807) is 31.2 Å². The molecule has 0 unspecified atom stereocenters. The van der Waals surface area contributed by atoms with Crippen LogP contribution in [-0.2, 0) is 19.6 Å². The molecule has 27 heavy (non-hydrogen) atoms. The second-order valence-electron chi connectivity index (χ2n) is 5.69. The largest absolute Gasteiger partial charge is 0.463 e. The Bertz CT molecular complexity index is 954. The highest BCUT2D eigenvalue weighted by atomic mass is 35.5. The molecule has 8 heteroatoms. The normalized spacial score (nSPS) is 12.1. The lowest BCUT2D eigenvalue weighted by molar-refractivity contribution is -0.138. The maximum atomic E-state index is 12.5. The molecule has 1 N–H and O–H groups in total. The van der Waals surface area contributed by atoms with Gasteiger partial charge in [-0.1, -0.05) is 47.0 Å². The summed E-state index contributed by atoms with van der Waals surface area (Å²) in [6.07, 6.45) is 1.48. The molecule has 0 saturated carbocycles. The Morgan fingerprint density at radius 3 is 2.41 bits per heavy atom. The molecule has 2 aromatic rings. The van der Waals surface area contributed by atoms with Crippen molar-refractivity contribution in [2.75, 3.05) is 13.2 Å². The third kappa shape index (κ3) is 6.07. The number of esters is 1. The molecule has 0 bridgehead atoms. The number of carbonyl (C=O) groups is 1. The lowest BCUT2D eigenvalue weighted by Crippen LogP contribution is -2.28. The minimum atomic E-state index is -3.78. The van der Waals surface area contributed by atoms with Gasteiger partial charge in [-0.2, -0.15) is 0 Å². The van der Waals surface area contributed by atoms with Gasteiger partial charge in [0.05, 0.1) is 17.1 Å². The first-order chi connectivity index (χ1) is 12.7. The van der Waals surface area contributed by atoms with Gasteiger partial charge < -0.3 is 4.74 Å². The van der Waals surface area contributed by atoms with Gasteiger partial charge in [0.2, 0.25) is 10.0 Å². The van der Waals surface area contributed by atoms with Crippen LogP contribution in [0, 0.1) is 6.92 Å². The lowest BCUT2D eigenvalue weighted by Gasteiger charge is -2.11. The average molecular weight is 428 g/mol. The van der Waals surface area contributed by atoms with Crippen molar-refractivity contribution in [1.29, 1.82) is 0 Å². The van der Waals surface area contributed by atoms with E-state index in [1.807, 2.05) is 6.92 Å². The summed E-state index contributed by atoms with van der Waals surface area (Å²) in [5.74, 6) is -0.630. The second-order valence-corrected chi connectivity index (χ2v) is 8.30. The topological polar surface area (TPSA) is 72.5 Å². The predicted octanol–water partition coefficient (Wildman–Crippen LogP) is 4.23. The summed E-state index contributed by atoms with van der Waals surface area (Å²) < 4.78 is 32.4. The van der Waals surface area contributed by atoms with E-state index in [9.17, 15) is 13.2 Å². The monoisotopic (exact) mass is 427 g/mol. The lowest BCUT2D eigenvalue weighted by atomic mass is 10.1. The molecule has 0 spiro atoms. The van der Waals surface area contributed by atoms with E-state index >= 15 is 0 Å². The van der Waals surface area contributed by atoms with Crippen molar-refractivity contribution in [3.8, 4) is 0 Å². The van der Waals surface area contributed by atoms with Gasteiger partial charge >= 0.3 is 5.97 Å². The molecular formula is C19H19Cl2NO4S. The summed E-state index contributed by atoms with van der Waals surface area (Å²) >= 11 is 12.0. The van der Waals surface area contributed by atoms with Gasteiger partial charge in [0.1, 0.15) is 0 Å². The van der Waals surface area contributed by atoms with Crippen LogP contribution in [0.5, 0.6) is 0 Å². The van der Waals surface area contributed by atoms with Crippen molar-refractivity contribution in [2.45, 2.75) is 18.7 Å². The first-order valence-electron chi connectivity index (χ1n) is 8.12. The van der Waals surface area contributed by atoms with E-state index in [0.717, 1.165) is 5.56 Å².